The largest absolute Gasteiger partial charge is 0.478 e. The summed E-state index contributed by atoms with van der Waals surface area (Å²) in [5.41, 5.74) is -0.508. The summed E-state index contributed by atoms with van der Waals surface area (Å²) in [4.78, 5) is 41.6. The van der Waals surface area contributed by atoms with Crippen molar-refractivity contribution in [2.75, 3.05) is 25.4 Å². The third-order valence-corrected chi connectivity index (χ3v) is 11.2. The van der Waals surface area contributed by atoms with Gasteiger partial charge in [0.25, 0.3) is 0 Å². The van der Waals surface area contributed by atoms with E-state index >= 15 is 0 Å². The number of likely N-dealkylation sites (tertiary alicyclic amines) is 1. The van der Waals surface area contributed by atoms with Crippen LogP contribution in [-0.4, -0.2) is 68.6 Å². The fourth-order valence-corrected chi connectivity index (χ4v) is 8.48. The second-order valence-corrected chi connectivity index (χ2v) is 14.4. The number of halogens is 2. The molecular formula is C34H39Cl2N3O6S. The quantitative estimate of drug-likeness (QED) is 0.236. The van der Waals surface area contributed by atoms with Crippen molar-refractivity contribution in [1.82, 2.24) is 15.5 Å². The molecule has 2 aromatic carbocycles. The molecule has 1 amide bonds. The van der Waals surface area contributed by atoms with E-state index in [2.05, 4.69) is 10.6 Å². The molecule has 0 radical (unpaired) electrons. The fourth-order valence-electron chi connectivity index (χ4n) is 6.75. The van der Waals surface area contributed by atoms with Gasteiger partial charge < -0.3 is 25.7 Å². The number of benzene rings is 2. The predicted octanol–water partition coefficient (Wildman–Crippen LogP) is 5.72. The molecule has 246 valence electrons. The van der Waals surface area contributed by atoms with Crippen LogP contribution in [-0.2, 0) is 25.2 Å². The fraction of sp³-hybridized carbons (Fsp3) is 0.441. The van der Waals surface area contributed by atoms with Gasteiger partial charge in [0.15, 0.2) is 0 Å². The standard InChI is InChI=1S/C34H39Cl2N3O6S/c35-24-12-7-13-25(36)29(24)32-30(33(41)42)26(38-27(31(32)34(43)44)20-46(45)23-10-5-2-6-11-23)18-28(40)39-16-14-22(15-17-39)37-19-21-8-3-1-4-9-21/h2,5-7,10-13,21-22,32,37-38H,1,3-4,8-9,14-20H2,(H,41,42)(H,43,44)/t32?,46-/m0/s1. The minimum Gasteiger partial charge on any atom is -0.478 e. The van der Waals surface area contributed by atoms with Crippen molar-refractivity contribution in [3.05, 3.63) is 86.7 Å². The molecule has 1 saturated carbocycles. The number of nitrogens with zero attached hydrogens (tertiary/aromatic N) is 1. The number of nitrogens with one attached hydrogen (secondary N) is 2. The van der Waals surface area contributed by atoms with E-state index in [4.69, 9.17) is 23.2 Å². The number of hydrogen-bond donors (Lipinski definition) is 4. The number of aliphatic carboxylic acids is 2. The van der Waals surface area contributed by atoms with Crippen LogP contribution >= 0.6 is 23.2 Å². The summed E-state index contributed by atoms with van der Waals surface area (Å²) in [6, 6.07) is 13.5. The summed E-state index contributed by atoms with van der Waals surface area (Å²) in [7, 11) is -1.68. The summed E-state index contributed by atoms with van der Waals surface area (Å²) in [5.74, 6) is -4.08. The van der Waals surface area contributed by atoms with Gasteiger partial charge in [0.05, 0.1) is 40.0 Å². The highest BCUT2D eigenvalue weighted by molar-refractivity contribution is 7.85. The number of hydrogen-bond acceptors (Lipinski definition) is 6. The molecule has 2 heterocycles. The number of carbonyl (C=O) groups excluding carboxylic acids is 1. The average Bonchev–Trinajstić information content (AvgIpc) is 3.04. The Bertz CT molecular complexity index is 1530. The molecule has 5 rings (SSSR count). The van der Waals surface area contributed by atoms with Gasteiger partial charge in [-0.1, -0.05) is 66.7 Å². The molecule has 46 heavy (non-hydrogen) atoms. The Hall–Kier alpha value is -3.18. The zero-order chi connectivity index (χ0) is 32.8. The number of rotatable bonds is 11. The molecule has 2 aliphatic heterocycles. The Morgan fingerprint density at radius 2 is 1.46 bits per heavy atom. The van der Waals surface area contributed by atoms with E-state index in [1.165, 1.54) is 44.2 Å². The van der Waals surface area contributed by atoms with Crippen molar-refractivity contribution in [2.45, 2.75) is 68.2 Å². The maximum absolute atomic E-state index is 13.7. The third kappa shape index (κ3) is 8.02. The van der Waals surface area contributed by atoms with Crippen molar-refractivity contribution in [2.24, 2.45) is 5.92 Å². The van der Waals surface area contributed by atoms with E-state index in [0.717, 1.165) is 19.4 Å². The molecular weight excluding hydrogens is 649 g/mol. The first kappa shape index (κ1) is 34.2. The molecule has 1 aliphatic carbocycles. The molecule has 0 bridgehead atoms. The number of piperidine rings is 1. The minimum atomic E-state index is -1.68. The molecule has 0 aromatic heterocycles. The summed E-state index contributed by atoms with van der Waals surface area (Å²) < 4.78 is 13.4. The number of dihydropyridines is 1. The number of carbonyl (C=O) groups is 3. The van der Waals surface area contributed by atoms with E-state index in [0.29, 0.717) is 29.9 Å². The second kappa shape index (κ2) is 15.6. The van der Waals surface area contributed by atoms with Crippen molar-refractivity contribution >= 4 is 51.8 Å². The zero-order valence-electron chi connectivity index (χ0n) is 25.5. The van der Waals surface area contributed by atoms with Gasteiger partial charge in [0, 0.05) is 51.0 Å². The molecule has 1 unspecified atom stereocenters. The first-order valence-electron chi connectivity index (χ1n) is 15.7. The third-order valence-electron chi connectivity index (χ3n) is 9.16. The highest BCUT2D eigenvalue weighted by Crippen LogP contribution is 2.45. The summed E-state index contributed by atoms with van der Waals surface area (Å²) in [6.07, 6.45) is 7.69. The predicted molar refractivity (Wildman–Crippen MR) is 178 cm³/mol. The first-order valence-corrected chi connectivity index (χ1v) is 17.8. The van der Waals surface area contributed by atoms with E-state index in [1.807, 2.05) is 0 Å². The number of carboxylic acids is 2. The highest BCUT2D eigenvalue weighted by Gasteiger charge is 2.41. The molecule has 0 spiro atoms. The van der Waals surface area contributed by atoms with Crippen LogP contribution in [0, 0.1) is 5.92 Å². The van der Waals surface area contributed by atoms with Crippen LogP contribution in [0.5, 0.6) is 0 Å². The Morgan fingerprint density at radius 3 is 2.07 bits per heavy atom. The molecule has 4 N–H and O–H groups in total. The van der Waals surface area contributed by atoms with E-state index in [-0.39, 0.29) is 56.2 Å². The van der Waals surface area contributed by atoms with Crippen molar-refractivity contribution in [1.29, 1.82) is 0 Å². The Kier molecular flexibility index (Phi) is 11.6. The van der Waals surface area contributed by atoms with Crippen molar-refractivity contribution < 1.29 is 28.8 Å². The van der Waals surface area contributed by atoms with Crippen LogP contribution in [0.15, 0.2) is 76.0 Å². The van der Waals surface area contributed by atoms with E-state index < -0.39 is 28.7 Å². The molecule has 2 aromatic rings. The van der Waals surface area contributed by atoms with Crippen LogP contribution < -0.4 is 10.6 Å². The van der Waals surface area contributed by atoms with Gasteiger partial charge in [-0.15, -0.1) is 0 Å². The van der Waals surface area contributed by atoms with Gasteiger partial charge in [0.2, 0.25) is 5.91 Å². The van der Waals surface area contributed by atoms with E-state index in [1.54, 1.807) is 41.3 Å². The molecule has 2 fully saturated rings. The molecule has 3 aliphatic rings. The monoisotopic (exact) mass is 687 g/mol. The first-order chi connectivity index (χ1) is 22.1. The normalized spacial score (nSPS) is 20.4. The lowest BCUT2D eigenvalue weighted by atomic mass is 9.79. The van der Waals surface area contributed by atoms with Crippen molar-refractivity contribution in [3.8, 4) is 0 Å². The number of carboxylic acid groups (broad SMARTS) is 2. The number of amides is 1. The van der Waals surface area contributed by atoms with E-state index in [9.17, 15) is 28.8 Å². The lowest BCUT2D eigenvalue weighted by Gasteiger charge is -2.35. The molecule has 12 heteroatoms. The summed E-state index contributed by atoms with van der Waals surface area (Å²) in [6.45, 7) is 2.05. The SMILES string of the molecule is O=C(O)C1=C(CC(=O)N2CCC(NCC3CCCCC3)CC2)NC(C[S@](=O)c2ccccc2)=C(C(=O)O)C1c1c(Cl)cccc1Cl. The van der Waals surface area contributed by atoms with Gasteiger partial charge in [-0.25, -0.2) is 9.59 Å². The lowest BCUT2D eigenvalue weighted by molar-refractivity contribution is -0.133. The van der Waals surface area contributed by atoms with Gasteiger partial charge in [-0.3, -0.25) is 9.00 Å². The maximum atomic E-state index is 13.7. The van der Waals surface area contributed by atoms with Crippen LogP contribution in [0.25, 0.3) is 0 Å². The van der Waals surface area contributed by atoms with Crippen LogP contribution in [0.4, 0.5) is 0 Å². The Morgan fingerprint density at radius 1 is 0.848 bits per heavy atom. The topological polar surface area (TPSA) is 136 Å². The molecule has 2 atom stereocenters. The van der Waals surface area contributed by atoms with Gasteiger partial charge in [-0.2, -0.15) is 0 Å². The van der Waals surface area contributed by atoms with Crippen molar-refractivity contribution in [3.63, 3.8) is 0 Å². The van der Waals surface area contributed by atoms with Gasteiger partial charge in [-0.05, 0) is 62.4 Å². The highest BCUT2D eigenvalue weighted by atomic mass is 35.5. The summed E-state index contributed by atoms with van der Waals surface area (Å²) >= 11 is 13.1. The Balaban J connectivity index is 1.42. The second-order valence-electron chi connectivity index (χ2n) is 12.1. The maximum Gasteiger partial charge on any atom is 0.334 e. The van der Waals surface area contributed by atoms with Crippen LogP contribution in [0.3, 0.4) is 0 Å². The minimum absolute atomic E-state index is 0.0288. The van der Waals surface area contributed by atoms with Gasteiger partial charge in [0.1, 0.15) is 0 Å². The molecule has 1 saturated heterocycles. The smallest absolute Gasteiger partial charge is 0.334 e. The molecule has 9 nitrogen and oxygen atoms in total. The zero-order valence-corrected chi connectivity index (χ0v) is 27.8. The van der Waals surface area contributed by atoms with Crippen LogP contribution in [0.2, 0.25) is 10.0 Å². The lowest BCUT2D eigenvalue weighted by Crippen LogP contribution is -2.46. The summed E-state index contributed by atoms with van der Waals surface area (Å²) in [5, 5.41) is 27.7. The average molecular weight is 689 g/mol. The van der Waals surface area contributed by atoms with Crippen LogP contribution in [0.1, 0.15) is 62.8 Å². The Labute approximate surface area is 281 Å². The van der Waals surface area contributed by atoms with Gasteiger partial charge >= 0.3 is 11.9 Å².